The Morgan fingerprint density at radius 2 is 2.27 bits per heavy atom. The average molecular weight is 208 g/mol. The van der Waals surface area contributed by atoms with Gasteiger partial charge in [-0.05, 0) is 43.4 Å². The Kier molecular flexibility index (Phi) is 3.06. The van der Waals surface area contributed by atoms with E-state index in [1.54, 1.807) is 6.92 Å². The van der Waals surface area contributed by atoms with E-state index in [2.05, 4.69) is 25.1 Å². The lowest BCUT2D eigenvalue weighted by Crippen LogP contribution is -1.97. The molecule has 1 aliphatic heterocycles. The smallest absolute Gasteiger partial charge is 0.106 e. The molecule has 15 heavy (non-hydrogen) atoms. The number of alkyl halides is 1. The summed E-state index contributed by atoms with van der Waals surface area (Å²) in [4.78, 5) is 0. The van der Waals surface area contributed by atoms with Crippen LogP contribution >= 0.6 is 0 Å². The van der Waals surface area contributed by atoms with Crippen LogP contribution < -0.4 is 0 Å². The normalized spacial score (nSPS) is 21.4. The molecule has 0 radical (unpaired) electrons. The molecule has 1 fully saturated rings. The molecule has 2 heteroatoms. The van der Waals surface area contributed by atoms with E-state index in [0.29, 0.717) is 12.5 Å². The molecule has 0 amide bonds. The molecule has 0 bridgehead atoms. The molecule has 0 spiro atoms. The molecule has 2 unspecified atom stereocenters. The van der Waals surface area contributed by atoms with Crippen molar-refractivity contribution in [3.63, 3.8) is 0 Å². The third-order valence-corrected chi connectivity index (χ3v) is 2.85. The number of epoxide rings is 1. The highest BCUT2D eigenvalue weighted by molar-refractivity contribution is 5.34. The molecule has 0 N–H and O–H groups in total. The summed E-state index contributed by atoms with van der Waals surface area (Å²) in [6, 6.07) is 6.36. The van der Waals surface area contributed by atoms with Crippen molar-refractivity contribution in [2.45, 2.75) is 39.0 Å². The van der Waals surface area contributed by atoms with Crippen molar-refractivity contribution in [3.8, 4) is 0 Å². The summed E-state index contributed by atoms with van der Waals surface area (Å²) in [7, 11) is 0. The summed E-state index contributed by atoms with van der Waals surface area (Å²) < 4.78 is 17.9. The highest BCUT2D eigenvalue weighted by Crippen LogP contribution is 2.32. The van der Waals surface area contributed by atoms with Crippen LogP contribution in [0, 0.1) is 6.92 Å². The summed E-state index contributed by atoms with van der Waals surface area (Å²) in [6.07, 6.45) is 1.04. The molecule has 82 valence electrons. The maximum atomic E-state index is 12.7. The third-order valence-electron chi connectivity index (χ3n) is 2.85. The molecule has 1 aromatic carbocycles. The zero-order chi connectivity index (χ0) is 10.8. The van der Waals surface area contributed by atoms with Crippen LogP contribution in [0.25, 0.3) is 0 Å². The fourth-order valence-electron chi connectivity index (χ4n) is 1.85. The van der Waals surface area contributed by atoms with E-state index >= 15 is 0 Å². The van der Waals surface area contributed by atoms with Gasteiger partial charge in [-0.1, -0.05) is 18.2 Å². The topological polar surface area (TPSA) is 12.5 Å². The van der Waals surface area contributed by atoms with Crippen LogP contribution in [0.5, 0.6) is 0 Å². The second kappa shape index (κ2) is 4.31. The van der Waals surface area contributed by atoms with Gasteiger partial charge in [0.2, 0.25) is 0 Å². The van der Waals surface area contributed by atoms with Crippen molar-refractivity contribution in [1.29, 1.82) is 0 Å². The first-order chi connectivity index (χ1) is 7.16. The summed E-state index contributed by atoms with van der Waals surface area (Å²) in [5.74, 6) is 0. The first-order valence-electron chi connectivity index (χ1n) is 5.52. The number of hydrogen-bond donors (Lipinski definition) is 0. The molecule has 0 saturated carbocycles. The molecular formula is C13H17FO. The minimum absolute atomic E-state index is 0.319. The van der Waals surface area contributed by atoms with Crippen LogP contribution in [0.15, 0.2) is 18.2 Å². The highest BCUT2D eigenvalue weighted by atomic mass is 19.1. The van der Waals surface area contributed by atoms with E-state index in [1.165, 1.54) is 16.7 Å². The summed E-state index contributed by atoms with van der Waals surface area (Å²) >= 11 is 0. The van der Waals surface area contributed by atoms with Crippen molar-refractivity contribution >= 4 is 0 Å². The predicted molar refractivity (Wildman–Crippen MR) is 58.8 cm³/mol. The quantitative estimate of drug-likeness (QED) is 0.691. The summed E-state index contributed by atoms with van der Waals surface area (Å²) in [5.41, 5.74) is 3.77. The molecular weight excluding hydrogens is 191 g/mol. The van der Waals surface area contributed by atoms with E-state index in [4.69, 9.17) is 4.74 Å². The number of benzene rings is 1. The molecule has 1 nitrogen and oxygen atoms in total. The van der Waals surface area contributed by atoms with Crippen LogP contribution in [-0.2, 0) is 11.2 Å². The highest BCUT2D eigenvalue weighted by Gasteiger charge is 2.26. The van der Waals surface area contributed by atoms with E-state index in [0.717, 1.165) is 13.0 Å². The van der Waals surface area contributed by atoms with Crippen molar-refractivity contribution in [2.75, 3.05) is 6.61 Å². The monoisotopic (exact) mass is 208 g/mol. The van der Waals surface area contributed by atoms with E-state index in [-0.39, 0.29) is 0 Å². The molecule has 1 aliphatic rings. The molecule has 2 atom stereocenters. The van der Waals surface area contributed by atoms with Crippen LogP contribution in [0.1, 0.15) is 36.1 Å². The van der Waals surface area contributed by atoms with Gasteiger partial charge in [0.15, 0.2) is 0 Å². The molecule has 0 aliphatic carbocycles. The Morgan fingerprint density at radius 3 is 2.80 bits per heavy atom. The van der Waals surface area contributed by atoms with Gasteiger partial charge in [0.25, 0.3) is 0 Å². The number of ether oxygens (including phenoxy) is 1. The predicted octanol–water partition coefficient (Wildman–Crippen LogP) is 3.36. The van der Waals surface area contributed by atoms with Crippen molar-refractivity contribution in [1.82, 2.24) is 0 Å². The SMILES string of the molecule is Cc1cc(CCC(C)F)ccc1C1CO1. The van der Waals surface area contributed by atoms with Crippen LogP contribution in [0.4, 0.5) is 4.39 Å². The molecule has 1 saturated heterocycles. The third kappa shape index (κ3) is 2.78. The van der Waals surface area contributed by atoms with Gasteiger partial charge in [0, 0.05) is 0 Å². The maximum absolute atomic E-state index is 12.7. The van der Waals surface area contributed by atoms with Crippen molar-refractivity contribution in [3.05, 3.63) is 34.9 Å². The van der Waals surface area contributed by atoms with Gasteiger partial charge < -0.3 is 4.74 Å². The fraction of sp³-hybridized carbons (Fsp3) is 0.538. The first-order valence-corrected chi connectivity index (χ1v) is 5.52. The van der Waals surface area contributed by atoms with Gasteiger partial charge in [0.05, 0.1) is 12.8 Å². The Balaban J connectivity index is 2.04. The number of halogens is 1. The largest absolute Gasteiger partial charge is 0.368 e. The van der Waals surface area contributed by atoms with Crippen LogP contribution in [0.3, 0.4) is 0 Å². The van der Waals surface area contributed by atoms with E-state index < -0.39 is 6.17 Å². The standard InChI is InChI=1S/C13H17FO/c1-9-7-11(4-3-10(2)14)5-6-12(9)13-8-15-13/h5-7,10,13H,3-4,8H2,1-2H3. The number of rotatable bonds is 4. The fourth-order valence-corrected chi connectivity index (χ4v) is 1.85. The van der Waals surface area contributed by atoms with Gasteiger partial charge >= 0.3 is 0 Å². The minimum atomic E-state index is -0.711. The Hall–Kier alpha value is -0.890. The molecule has 2 rings (SSSR count). The number of aryl methyl sites for hydroxylation is 2. The summed E-state index contributed by atoms with van der Waals surface area (Å²) in [6.45, 7) is 4.56. The van der Waals surface area contributed by atoms with Crippen LogP contribution in [-0.4, -0.2) is 12.8 Å². The van der Waals surface area contributed by atoms with Crippen molar-refractivity contribution < 1.29 is 9.13 Å². The molecule has 1 heterocycles. The lowest BCUT2D eigenvalue weighted by molar-refractivity contribution is 0.341. The van der Waals surface area contributed by atoms with Gasteiger partial charge in [-0.15, -0.1) is 0 Å². The number of hydrogen-bond acceptors (Lipinski definition) is 1. The Morgan fingerprint density at radius 1 is 1.53 bits per heavy atom. The second-order valence-corrected chi connectivity index (χ2v) is 4.33. The van der Waals surface area contributed by atoms with Gasteiger partial charge in [0.1, 0.15) is 6.10 Å². The maximum Gasteiger partial charge on any atom is 0.106 e. The zero-order valence-electron chi connectivity index (χ0n) is 9.29. The average Bonchev–Trinajstić information content (AvgIpc) is 2.98. The Labute approximate surface area is 90.3 Å². The zero-order valence-corrected chi connectivity index (χ0v) is 9.29. The molecule has 1 aromatic rings. The first kappa shape index (κ1) is 10.6. The summed E-state index contributed by atoms with van der Waals surface area (Å²) in [5, 5.41) is 0. The molecule has 0 aromatic heterocycles. The minimum Gasteiger partial charge on any atom is -0.368 e. The lowest BCUT2D eigenvalue weighted by Gasteiger charge is -2.07. The van der Waals surface area contributed by atoms with Gasteiger partial charge in [-0.3, -0.25) is 0 Å². The van der Waals surface area contributed by atoms with E-state index in [1.807, 2.05) is 0 Å². The van der Waals surface area contributed by atoms with E-state index in [9.17, 15) is 4.39 Å². The van der Waals surface area contributed by atoms with Crippen molar-refractivity contribution in [2.24, 2.45) is 0 Å². The van der Waals surface area contributed by atoms with Gasteiger partial charge in [-0.25, -0.2) is 4.39 Å². The van der Waals surface area contributed by atoms with Crippen LogP contribution in [0.2, 0.25) is 0 Å². The second-order valence-electron chi connectivity index (χ2n) is 4.33. The lowest BCUT2D eigenvalue weighted by atomic mass is 10.00. The van der Waals surface area contributed by atoms with Gasteiger partial charge in [-0.2, -0.15) is 0 Å². The Bertz CT molecular complexity index is 342.